The summed E-state index contributed by atoms with van der Waals surface area (Å²) in [6.07, 6.45) is 4.03. The van der Waals surface area contributed by atoms with E-state index in [1.165, 1.54) is 22.3 Å². The van der Waals surface area contributed by atoms with E-state index in [1.807, 2.05) is 42.5 Å². The number of allylic oxidation sites excluding steroid dienone is 1. The van der Waals surface area contributed by atoms with Crippen molar-refractivity contribution < 1.29 is 9.84 Å². The van der Waals surface area contributed by atoms with Gasteiger partial charge in [-0.3, -0.25) is 0 Å². The molecule has 0 saturated carbocycles. The minimum atomic E-state index is 0.0482. The van der Waals surface area contributed by atoms with Crippen molar-refractivity contribution in [2.24, 2.45) is 0 Å². The molecule has 3 aromatic carbocycles. The molecule has 3 aromatic rings. The average molecular weight is 407 g/mol. The number of hydrogen-bond acceptors (Lipinski definition) is 2. The van der Waals surface area contributed by atoms with Crippen LogP contribution in [0.5, 0.6) is 5.75 Å². The zero-order valence-corrected chi connectivity index (χ0v) is 17.7. The number of aliphatic hydroxyl groups is 1. The van der Waals surface area contributed by atoms with Crippen LogP contribution in [-0.4, -0.2) is 11.7 Å². The smallest absolute Gasteiger partial charge is 0.119 e. The fourth-order valence-corrected chi connectivity index (χ4v) is 3.38. The van der Waals surface area contributed by atoms with Crippen LogP contribution in [0.15, 0.2) is 66.7 Å². The highest BCUT2D eigenvalue weighted by molar-refractivity contribution is 6.30. The fourth-order valence-electron chi connectivity index (χ4n) is 3.19. The van der Waals surface area contributed by atoms with Crippen LogP contribution < -0.4 is 4.74 Å². The Morgan fingerprint density at radius 2 is 1.76 bits per heavy atom. The van der Waals surface area contributed by atoms with Crippen molar-refractivity contribution in [1.82, 2.24) is 0 Å². The normalized spacial score (nSPS) is 11.5. The Morgan fingerprint density at radius 3 is 2.45 bits per heavy atom. The molecule has 0 bridgehead atoms. The quantitative estimate of drug-likeness (QED) is 0.327. The Hall–Kier alpha value is -2.55. The van der Waals surface area contributed by atoms with Crippen molar-refractivity contribution in [2.45, 2.75) is 33.3 Å². The standard InChI is InChI=1S/C26H27ClO2/c1-19-8-9-22(15-20(19)2)16-23(24-5-3-7-25(27)17-24)6-4-14-29-26-12-10-21(18-28)11-13-26/h3,5,7-13,15-17,28H,4,6,14,18H2,1-2H3/b23-16-. The SMILES string of the molecule is Cc1ccc(/C=C(/CCCOc2ccc(CO)cc2)c2cccc(Cl)c2)cc1C. The van der Waals surface area contributed by atoms with Gasteiger partial charge in [0.15, 0.2) is 0 Å². The second-order valence-corrected chi connectivity index (χ2v) is 7.71. The van der Waals surface area contributed by atoms with Gasteiger partial charge >= 0.3 is 0 Å². The predicted molar refractivity (Wildman–Crippen MR) is 122 cm³/mol. The first kappa shape index (κ1) is 21.2. The third-order valence-corrected chi connectivity index (χ3v) is 5.27. The number of aryl methyl sites for hydroxylation is 2. The fraction of sp³-hybridized carbons (Fsp3) is 0.231. The Labute approximate surface area is 178 Å². The molecule has 3 heteroatoms. The lowest BCUT2D eigenvalue weighted by atomic mass is 9.97. The molecule has 3 rings (SSSR count). The Balaban J connectivity index is 1.71. The van der Waals surface area contributed by atoms with Crippen molar-refractivity contribution >= 4 is 23.3 Å². The van der Waals surface area contributed by atoms with Crippen molar-refractivity contribution in [3.05, 3.63) is 99.6 Å². The summed E-state index contributed by atoms with van der Waals surface area (Å²) in [6.45, 7) is 4.95. The highest BCUT2D eigenvalue weighted by Gasteiger charge is 2.05. The average Bonchev–Trinajstić information content (AvgIpc) is 2.73. The van der Waals surface area contributed by atoms with Gasteiger partial charge in [-0.1, -0.05) is 60.1 Å². The summed E-state index contributed by atoms with van der Waals surface area (Å²) in [5, 5.41) is 9.87. The number of rotatable bonds is 8. The number of aliphatic hydroxyl groups excluding tert-OH is 1. The summed E-state index contributed by atoms with van der Waals surface area (Å²) < 4.78 is 5.87. The maximum atomic E-state index is 9.13. The molecule has 29 heavy (non-hydrogen) atoms. The van der Waals surface area contributed by atoms with E-state index in [1.54, 1.807) is 0 Å². The molecule has 0 heterocycles. The predicted octanol–water partition coefficient (Wildman–Crippen LogP) is 6.85. The molecule has 0 saturated heterocycles. The summed E-state index contributed by atoms with van der Waals surface area (Å²) in [6, 6.07) is 22.1. The van der Waals surface area contributed by atoms with Crippen molar-refractivity contribution in [2.75, 3.05) is 6.61 Å². The summed E-state index contributed by atoms with van der Waals surface area (Å²) in [5.41, 5.74) is 7.06. The largest absolute Gasteiger partial charge is 0.494 e. The van der Waals surface area contributed by atoms with E-state index in [-0.39, 0.29) is 6.61 Å². The highest BCUT2D eigenvalue weighted by Crippen LogP contribution is 2.26. The molecule has 0 aliphatic heterocycles. The Kier molecular flexibility index (Phi) is 7.51. The minimum Gasteiger partial charge on any atom is -0.494 e. The lowest BCUT2D eigenvalue weighted by molar-refractivity contribution is 0.281. The van der Waals surface area contributed by atoms with Gasteiger partial charge in [0.05, 0.1) is 13.2 Å². The van der Waals surface area contributed by atoms with E-state index in [0.717, 1.165) is 34.7 Å². The highest BCUT2D eigenvalue weighted by atomic mass is 35.5. The third-order valence-electron chi connectivity index (χ3n) is 5.03. The van der Waals surface area contributed by atoms with Crippen LogP contribution >= 0.6 is 11.6 Å². The molecule has 0 aliphatic rings. The zero-order valence-electron chi connectivity index (χ0n) is 17.0. The topological polar surface area (TPSA) is 29.5 Å². The molecule has 0 unspecified atom stereocenters. The lowest BCUT2D eigenvalue weighted by Crippen LogP contribution is -1.98. The van der Waals surface area contributed by atoms with Gasteiger partial charge < -0.3 is 9.84 Å². The summed E-state index contributed by atoms with van der Waals surface area (Å²) in [5.74, 6) is 0.824. The zero-order chi connectivity index (χ0) is 20.6. The van der Waals surface area contributed by atoms with Gasteiger partial charge in [0.2, 0.25) is 0 Å². The number of halogens is 1. The van der Waals surface area contributed by atoms with E-state index in [9.17, 15) is 0 Å². The van der Waals surface area contributed by atoms with Crippen LogP contribution in [0.25, 0.3) is 11.6 Å². The molecule has 0 spiro atoms. The molecule has 0 radical (unpaired) electrons. The van der Waals surface area contributed by atoms with Crippen LogP contribution in [0, 0.1) is 13.8 Å². The van der Waals surface area contributed by atoms with Crippen molar-refractivity contribution in [3.8, 4) is 5.75 Å². The minimum absolute atomic E-state index is 0.0482. The molecule has 1 N–H and O–H groups in total. The van der Waals surface area contributed by atoms with Gasteiger partial charge in [0.1, 0.15) is 5.75 Å². The van der Waals surface area contributed by atoms with E-state index in [0.29, 0.717) is 6.61 Å². The van der Waals surface area contributed by atoms with Crippen LogP contribution in [0.2, 0.25) is 5.02 Å². The van der Waals surface area contributed by atoms with E-state index >= 15 is 0 Å². The summed E-state index contributed by atoms with van der Waals surface area (Å²) in [4.78, 5) is 0. The molecule has 0 fully saturated rings. The second kappa shape index (κ2) is 10.3. The monoisotopic (exact) mass is 406 g/mol. The first-order valence-corrected chi connectivity index (χ1v) is 10.3. The van der Waals surface area contributed by atoms with Crippen LogP contribution in [0.1, 0.15) is 40.7 Å². The lowest BCUT2D eigenvalue weighted by Gasteiger charge is -2.11. The Morgan fingerprint density at radius 1 is 0.966 bits per heavy atom. The van der Waals surface area contributed by atoms with E-state index in [2.05, 4.69) is 44.2 Å². The molecule has 150 valence electrons. The molecule has 0 aromatic heterocycles. The van der Waals surface area contributed by atoms with Gasteiger partial charge in [0.25, 0.3) is 0 Å². The van der Waals surface area contributed by atoms with Crippen molar-refractivity contribution in [1.29, 1.82) is 0 Å². The third kappa shape index (κ3) is 6.22. The van der Waals surface area contributed by atoms with Crippen LogP contribution in [0.3, 0.4) is 0 Å². The summed E-state index contributed by atoms with van der Waals surface area (Å²) >= 11 is 6.23. The first-order chi connectivity index (χ1) is 14.0. The second-order valence-electron chi connectivity index (χ2n) is 7.28. The van der Waals surface area contributed by atoms with Crippen molar-refractivity contribution in [3.63, 3.8) is 0 Å². The molecule has 0 aliphatic carbocycles. The molecular weight excluding hydrogens is 380 g/mol. The Bertz CT molecular complexity index is 974. The molecular formula is C26H27ClO2. The van der Waals surface area contributed by atoms with Gasteiger partial charge in [0, 0.05) is 5.02 Å². The van der Waals surface area contributed by atoms with E-state index in [4.69, 9.17) is 21.4 Å². The van der Waals surface area contributed by atoms with Gasteiger partial charge in [-0.25, -0.2) is 0 Å². The first-order valence-electron chi connectivity index (χ1n) is 9.91. The number of hydrogen-bond donors (Lipinski definition) is 1. The van der Waals surface area contributed by atoms with Gasteiger partial charge in [-0.05, 0) is 84.3 Å². The van der Waals surface area contributed by atoms with Gasteiger partial charge in [-0.2, -0.15) is 0 Å². The van der Waals surface area contributed by atoms with Crippen LogP contribution in [0.4, 0.5) is 0 Å². The summed E-state index contributed by atoms with van der Waals surface area (Å²) in [7, 11) is 0. The molecule has 0 atom stereocenters. The van der Waals surface area contributed by atoms with Gasteiger partial charge in [-0.15, -0.1) is 0 Å². The van der Waals surface area contributed by atoms with Crippen LogP contribution in [-0.2, 0) is 6.61 Å². The number of benzene rings is 3. The maximum absolute atomic E-state index is 9.13. The maximum Gasteiger partial charge on any atom is 0.119 e. The molecule has 2 nitrogen and oxygen atoms in total. The molecule has 0 amide bonds. The van der Waals surface area contributed by atoms with E-state index < -0.39 is 0 Å². The number of ether oxygens (including phenoxy) is 1.